The summed E-state index contributed by atoms with van der Waals surface area (Å²) in [5, 5.41) is 0. The lowest BCUT2D eigenvalue weighted by atomic mass is 9.80. The molecule has 166 valence electrons. The van der Waals surface area contributed by atoms with Crippen LogP contribution in [0.15, 0.2) is 24.3 Å². The number of amides is 1. The number of hydrogen-bond donors (Lipinski definition) is 1. The molecule has 0 aliphatic carbocycles. The van der Waals surface area contributed by atoms with E-state index in [0.29, 0.717) is 6.54 Å². The van der Waals surface area contributed by atoms with E-state index in [1.807, 2.05) is 0 Å². The Morgan fingerprint density at radius 1 is 1.07 bits per heavy atom. The number of benzene rings is 1. The van der Waals surface area contributed by atoms with Gasteiger partial charge in [0.2, 0.25) is 5.91 Å². The average Bonchev–Trinajstić information content (AvgIpc) is 2.86. The zero-order valence-corrected chi connectivity index (χ0v) is 19.7. The highest BCUT2D eigenvalue weighted by atomic mass is 35.5. The van der Waals surface area contributed by atoms with Gasteiger partial charge in [-0.05, 0) is 36.3 Å². The van der Waals surface area contributed by atoms with Crippen LogP contribution in [0.25, 0.3) is 0 Å². The predicted octanol–water partition coefficient (Wildman–Crippen LogP) is 2.93. The molecule has 1 aromatic rings. The van der Waals surface area contributed by atoms with Crippen molar-refractivity contribution in [2.75, 3.05) is 45.8 Å². The third-order valence-electron chi connectivity index (χ3n) is 6.35. The Morgan fingerprint density at radius 2 is 1.79 bits per heavy atom. The van der Waals surface area contributed by atoms with Crippen molar-refractivity contribution in [1.29, 1.82) is 0 Å². The van der Waals surface area contributed by atoms with Gasteiger partial charge >= 0.3 is 0 Å². The highest BCUT2D eigenvalue weighted by Crippen LogP contribution is 2.27. The quantitative estimate of drug-likeness (QED) is 0.775. The van der Waals surface area contributed by atoms with Gasteiger partial charge in [0.05, 0.1) is 6.54 Å². The Kier molecular flexibility index (Phi) is 10.4. The van der Waals surface area contributed by atoms with Gasteiger partial charge in [-0.15, -0.1) is 24.8 Å². The number of piperidine rings is 1. The molecule has 0 aromatic heterocycles. The van der Waals surface area contributed by atoms with Crippen LogP contribution in [0.3, 0.4) is 0 Å². The lowest BCUT2D eigenvalue weighted by Crippen LogP contribution is -2.54. The Balaban J connectivity index is 0.00000210. The number of aryl methyl sites for hydroxylation is 1. The lowest BCUT2D eigenvalue weighted by molar-refractivity contribution is -0.133. The van der Waals surface area contributed by atoms with E-state index in [1.165, 1.54) is 11.1 Å². The molecule has 2 saturated heterocycles. The summed E-state index contributed by atoms with van der Waals surface area (Å²) < 4.78 is 0. The van der Waals surface area contributed by atoms with Gasteiger partial charge in [-0.1, -0.05) is 38.1 Å². The Bertz CT molecular complexity index is 655. The third-order valence-corrected chi connectivity index (χ3v) is 6.35. The van der Waals surface area contributed by atoms with Crippen LogP contribution >= 0.6 is 24.8 Å². The van der Waals surface area contributed by atoms with E-state index < -0.39 is 0 Å². The second-order valence-corrected chi connectivity index (χ2v) is 9.03. The predicted molar refractivity (Wildman–Crippen MR) is 125 cm³/mol. The molecular weight excluding hydrogens is 407 g/mol. The van der Waals surface area contributed by atoms with E-state index in [4.69, 9.17) is 5.73 Å². The Morgan fingerprint density at radius 3 is 2.48 bits per heavy atom. The minimum atomic E-state index is 0. The molecule has 3 rings (SSSR count). The van der Waals surface area contributed by atoms with Gasteiger partial charge < -0.3 is 10.6 Å². The summed E-state index contributed by atoms with van der Waals surface area (Å²) in [7, 11) is 0. The molecule has 0 radical (unpaired) electrons. The van der Waals surface area contributed by atoms with E-state index in [0.717, 1.165) is 58.7 Å². The normalized spacial score (nSPS) is 22.9. The molecule has 1 amide bonds. The van der Waals surface area contributed by atoms with Gasteiger partial charge in [-0.2, -0.15) is 0 Å². The van der Waals surface area contributed by atoms with Gasteiger partial charge in [-0.25, -0.2) is 0 Å². The van der Waals surface area contributed by atoms with Gasteiger partial charge in [0.1, 0.15) is 0 Å². The Labute approximate surface area is 188 Å². The highest BCUT2D eigenvalue weighted by molar-refractivity contribution is 5.85. The molecule has 1 atom stereocenters. The van der Waals surface area contributed by atoms with Crippen molar-refractivity contribution in [1.82, 2.24) is 14.7 Å². The maximum atomic E-state index is 12.9. The van der Waals surface area contributed by atoms with Crippen molar-refractivity contribution >= 4 is 30.7 Å². The summed E-state index contributed by atoms with van der Waals surface area (Å²) in [6.07, 6.45) is 2.03. The molecule has 0 spiro atoms. The fraction of sp³-hybridized carbons (Fsp3) is 0.682. The van der Waals surface area contributed by atoms with Gasteiger partial charge in [-0.3, -0.25) is 14.6 Å². The van der Waals surface area contributed by atoms with Crippen molar-refractivity contribution in [3.8, 4) is 0 Å². The number of carbonyl (C=O) groups excluding carboxylic acids is 1. The monoisotopic (exact) mass is 444 g/mol. The molecule has 1 aromatic carbocycles. The van der Waals surface area contributed by atoms with Gasteiger partial charge in [0.25, 0.3) is 0 Å². The number of likely N-dealkylation sites (tertiary alicyclic amines) is 1. The van der Waals surface area contributed by atoms with Gasteiger partial charge in [0, 0.05) is 51.9 Å². The van der Waals surface area contributed by atoms with Crippen molar-refractivity contribution in [3.05, 3.63) is 35.4 Å². The fourth-order valence-corrected chi connectivity index (χ4v) is 4.32. The zero-order valence-electron chi connectivity index (χ0n) is 18.1. The largest absolute Gasteiger partial charge is 0.340 e. The molecule has 2 fully saturated rings. The first-order valence-corrected chi connectivity index (χ1v) is 10.4. The molecule has 2 N–H and O–H groups in total. The number of carbonyl (C=O) groups is 1. The van der Waals surface area contributed by atoms with Crippen LogP contribution in [0.2, 0.25) is 0 Å². The van der Waals surface area contributed by atoms with E-state index in [9.17, 15) is 4.79 Å². The number of nitrogens with zero attached hydrogens (tertiary/aromatic N) is 3. The summed E-state index contributed by atoms with van der Waals surface area (Å²) in [6, 6.07) is 8.83. The number of halogens is 2. The van der Waals surface area contributed by atoms with Crippen molar-refractivity contribution in [2.24, 2.45) is 11.1 Å². The van der Waals surface area contributed by atoms with E-state index in [2.05, 4.69) is 59.7 Å². The standard InChI is InChI=1S/C22H36N4O.2ClH/c1-18-7-4-5-8-19(18)15-24-10-6-11-26(14-13-24)21(27)16-25-12-9-20(23)22(2,3)17-25;;/h4-5,7-8,20H,6,9-17,23H2,1-3H3;2*1H. The fourth-order valence-electron chi connectivity index (χ4n) is 4.32. The van der Waals surface area contributed by atoms with Crippen LogP contribution in [0.5, 0.6) is 0 Å². The van der Waals surface area contributed by atoms with Crippen molar-refractivity contribution in [2.45, 2.75) is 46.2 Å². The van der Waals surface area contributed by atoms with Crippen LogP contribution in [0.4, 0.5) is 0 Å². The Hall–Kier alpha value is -0.850. The van der Waals surface area contributed by atoms with Crippen LogP contribution in [0.1, 0.15) is 37.8 Å². The SMILES string of the molecule is Cc1ccccc1CN1CCCN(C(=O)CN2CCC(N)C(C)(C)C2)CC1.Cl.Cl. The molecule has 7 heteroatoms. The van der Waals surface area contributed by atoms with Crippen LogP contribution in [-0.2, 0) is 11.3 Å². The first-order chi connectivity index (χ1) is 12.8. The van der Waals surface area contributed by atoms with Crippen LogP contribution in [-0.4, -0.2) is 72.5 Å². The number of hydrogen-bond acceptors (Lipinski definition) is 4. The second kappa shape index (κ2) is 11.5. The van der Waals surface area contributed by atoms with Crippen molar-refractivity contribution < 1.29 is 4.79 Å². The summed E-state index contributed by atoms with van der Waals surface area (Å²) in [4.78, 5) is 19.7. The molecular formula is C22H38Cl2N4O. The molecule has 2 aliphatic heterocycles. The summed E-state index contributed by atoms with van der Waals surface area (Å²) in [5.41, 5.74) is 9.06. The molecule has 0 saturated carbocycles. The highest BCUT2D eigenvalue weighted by Gasteiger charge is 2.34. The summed E-state index contributed by atoms with van der Waals surface area (Å²) >= 11 is 0. The lowest BCUT2D eigenvalue weighted by Gasteiger charge is -2.42. The first-order valence-electron chi connectivity index (χ1n) is 10.4. The molecule has 5 nitrogen and oxygen atoms in total. The third kappa shape index (κ3) is 7.11. The maximum absolute atomic E-state index is 12.9. The molecule has 1 unspecified atom stereocenters. The summed E-state index contributed by atoms with van der Waals surface area (Å²) in [6.45, 7) is 13.7. The zero-order chi connectivity index (χ0) is 19.4. The molecule has 2 aliphatic rings. The first kappa shape index (κ1) is 26.2. The van der Waals surface area contributed by atoms with E-state index in [1.54, 1.807) is 0 Å². The molecule has 2 heterocycles. The van der Waals surface area contributed by atoms with Crippen molar-refractivity contribution in [3.63, 3.8) is 0 Å². The second-order valence-electron chi connectivity index (χ2n) is 9.03. The minimum Gasteiger partial charge on any atom is -0.340 e. The van der Waals surface area contributed by atoms with Gasteiger partial charge in [0.15, 0.2) is 0 Å². The number of rotatable bonds is 4. The maximum Gasteiger partial charge on any atom is 0.236 e. The van der Waals surface area contributed by atoms with E-state index >= 15 is 0 Å². The number of nitrogens with two attached hydrogens (primary N) is 1. The summed E-state index contributed by atoms with van der Waals surface area (Å²) in [5.74, 6) is 0.277. The molecule has 29 heavy (non-hydrogen) atoms. The van der Waals surface area contributed by atoms with Crippen LogP contribution < -0.4 is 5.73 Å². The smallest absolute Gasteiger partial charge is 0.236 e. The van der Waals surface area contributed by atoms with E-state index in [-0.39, 0.29) is 42.2 Å². The average molecular weight is 445 g/mol. The van der Waals surface area contributed by atoms with Crippen LogP contribution in [0, 0.1) is 12.3 Å². The topological polar surface area (TPSA) is 52.8 Å². The molecule has 0 bridgehead atoms. The minimum absolute atomic E-state index is 0.